The smallest absolute Gasteiger partial charge is 0.311 e. The lowest BCUT2D eigenvalue weighted by molar-refractivity contribution is -0.134. The predicted molar refractivity (Wildman–Crippen MR) is 107 cm³/mol. The normalized spacial score (nSPS) is 10.9. The lowest BCUT2D eigenvalue weighted by Crippen LogP contribution is -2.09. The van der Waals surface area contributed by atoms with Crippen LogP contribution in [0.4, 0.5) is 0 Å². The van der Waals surface area contributed by atoms with Gasteiger partial charge in [0.05, 0.1) is 14.5 Å². The zero-order valence-electron chi connectivity index (χ0n) is 14.3. The van der Waals surface area contributed by atoms with E-state index >= 15 is 0 Å². The van der Waals surface area contributed by atoms with Gasteiger partial charge in [0.2, 0.25) is 0 Å². The Morgan fingerprint density at radius 1 is 1.12 bits per heavy atom. The second-order valence-electron chi connectivity index (χ2n) is 5.85. The maximum Gasteiger partial charge on any atom is 0.311 e. The lowest BCUT2D eigenvalue weighted by Gasteiger charge is -2.10. The summed E-state index contributed by atoms with van der Waals surface area (Å²) in [6.45, 7) is 3.68. The molecule has 4 nitrogen and oxygen atoms in total. The van der Waals surface area contributed by atoms with Crippen LogP contribution >= 0.6 is 31.9 Å². The molecule has 26 heavy (non-hydrogen) atoms. The van der Waals surface area contributed by atoms with Gasteiger partial charge in [-0.1, -0.05) is 25.1 Å². The maximum atomic E-state index is 13.1. The fourth-order valence-electron chi connectivity index (χ4n) is 2.75. The number of ether oxygens (including phenoxy) is 1. The molecule has 0 spiro atoms. The van der Waals surface area contributed by atoms with E-state index < -0.39 is 0 Å². The molecule has 0 saturated heterocycles. The minimum Gasteiger partial charge on any atom is -0.461 e. The number of hydrogen-bond donors (Lipinski definition) is 0. The van der Waals surface area contributed by atoms with Crippen molar-refractivity contribution in [1.82, 2.24) is 0 Å². The number of hydrogen-bond acceptors (Lipinski definition) is 4. The largest absolute Gasteiger partial charge is 0.461 e. The molecular weight excluding hydrogens is 464 g/mol. The molecule has 6 heteroatoms. The van der Waals surface area contributed by atoms with Crippen LogP contribution in [0.1, 0.15) is 41.4 Å². The zero-order chi connectivity index (χ0) is 18.8. The zero-order valence-corrected chi connectivity index (χ0v) is 17.4. The number of aryl methyl sites for hydroxylation is 1. The van der Waals surface area contributed by atoms with Gasteiger partial charge in [-0.15, -0.1) is 0 Å². The molecule has 0 N–H and O–H groups in total. The van der Waals surface area contributed by atoms with Gasteiger partial charge in [0.1, 0.15) is 11.3 Å². The molecule has 3 rings (SSSR count). The van der Waals surface area contributed by atoms with Crippen molar-refractivity contribution in [3.8, 4) is 5.75 Å². The molecule has 0 fully saturated rings. The number of para-hydroxylation sites is 1. The van der Waals surface area contributed by atoms with Crippen LogP contribution in [0.2, 0.25) is 0 Å². The highest BCUT2D eigenvalue weighted by atomic mass is 79.9. The first kappa shape index (κ1) is 18.9. The van der Waals surface area contributed by atoms with E-state index in [1.54, 1.807) is 19.1 Å². The first-order valence-corrected chi connectivity index (χ1v) is 9.73. The average Bonchev–Trinajstić information content (AvgIpc) is 2.93. The second kappa shape index (κ2) is 7.76. The van der Waals surface area contributed by atoms with Crippen molar-refractivity contribution in [3.63, 3.8) is 0 Å². The highest BCUT2D eigenvalue weighted by Gasteiger charge is 2.22. The van der Waals surface area contributed by atoms with Crippen LogP contribution < -0.4 is 4.74 Å². The number of ketones is 1. The number of benzene rings is 2. The molecule has 1 aromatic heterocycles. The summed E-state index contributed by atoms with van der Waals surface area (Å²) in [6.07, 6.45) is 1.04. The van der Waals surface area contributed by atoms with E-state index in [2.05, 4.69) is 31.9 Å². The monoisotopic (exact) mass is 478 g/mol. The van der Waals surface area contributed by atoms with Crippen molar-refractivity contribution >= 4 is 54.6 Å². The molecule has 0 aliphatic carbocycles. The van der Waals surface area contributed by atoms with Crippen molar-refractivity contribution < 1.29 is 18.7 Å². The van der Waals surface area contributed by atoms with Crippen molar-refractivity contribution in [2.75, 3.05) is 0 Å². The summed E-state index contributed by atoms with van der Waals surface area (Å²) < 4.78 is 12.1. The molecule has 0 radical (unpaired) electrons. The summed E-state index contributed by atoms with van der Waals surface area (Å²) >= 11 is 6.79. The number of carbonyl (C=O) groups is 2. The fraction of sp³-hybridized carbons (Fsp3) is 0.200. The van der Waals surface area contributed by atoms with Gasteiger partial charge >= 0.3 is 5.97 Å². The van der Waals surface area contributed by atoms with Crippen LogP contribution in [0.25, 0.3) is 11.0 Å². The Hall–Kier alpha value is -1.92. The third-order valence-corrected chi connectivity index (χ3v) is 5.11. The summed E-state index contributed by atoms with van der Waals surface area (Å²) in [5.74, 6) is 0.473. The summed E-state index contributed by atoms with van der Waals surface area (Å²) in [7, 11) is 0. The fourth-order valence-corrected chi connectivity index (χ4v) is 4.10. The lowest BCUT2D eigenvalue weighted by atomic mass is 10.0. The molecule has 2 aromatic carbocycles. The highest BCUT2D eigenvalue weighted by Crippen LogP contribution is 2.37. The van der Waals surface area contributed by atoms with E-state index in [0.717, 1.165) is 5.39 Å². The third-order valence-electron chi connectivity index (χ3n) is 3.93. The Balaban J connectivity index is 2.00. The Labute approximate surface area is 167 Å². The minimum absolute atomic E-state index is 0.153. The average molecular weight is 480 g/mol. The summed E-state index contributed by atoms with van der Waals surface area (Å²) in [5.41, 5.74) is 1.68. The van der Waals surface area contributed by atoms with Crippen LogP contribution in [0, 0.1) is 6.92 Å². The summed E-state index contributed by atoms with van der Waals surface area (Å²) in [5, 5.41) is 0.778. The van der Waals surface area contributed by atoms with Gasteiger partial charge in [0.15, 0.2) is 11.5 Å². The molecule has 3 aromatic rings. The number of carbonyl (C=O) groups excluding carboxylic acids is 2. The molecule has 0 atom stereocenters. The van der Waals surface area contributed by atoms with Gasteiger partial charge < -0.3 is 9.15 Å². The van der Waals surface area contributed by atoms with Crippen LogP contribution in [0.3, 0.4) is 0 Å². The van der Waals surface area contributed by atoms with Gasteiger partial charge in [-0.2, -0.15) is 0 Å². The first-order valence-electron chi connectivity index (χ1n) is 8.15. The van der Waals surface area contributed by atoms with Crippen molar-refractivity contribution in [2.24, 2.45) is 0 Å². The summed E-state index contributed by atoms with van der Waals surface area (Å²) in [6, 6.07) is 10.7. The molecule has 0 saturated carbocycles. The Morgan fingerprint density at radius 2 is 1.77 bits per heavy atom. The predicted octanol–water partition coefficient (Wildman–Crippen LogP) is 6.20. The van der Waals surface area contributed by atoms with E-state index in [1.807, 2.05) is 31.2 Å². The van der Waals surface area contributed by atoms with E-state index in [-0.39, 0.29) is 11.8 Å². The topological polar surface area (TPSA) is 56.5 Å². The Bertz CT molecular complexity index is 981. The third kappa shape index (κ3) is 3.62. The minimum atomic E-state index is -0.315. The molecule has 1 heterocycles. The van der Waals surface area contributed by atoms with Crippen LogP contribution in [-0.4, -0.2) is 11.8 Å². The maximum absolute atomic E-state index is 13.1. The number of rotatable bonds is 5. The quantitative estimate of drug-likeness (QED) is 0.248. The standard InChI is InChI=1S/C20H16Br2O4/c1-3-6-17(23)26-20-14(21)9-12(10-15(20)22)19(24)18-11(2)25-16-8-5-4-7-13(16)18/h4-5,7-10H,3,6H2,1-2H3. The van der Waals surface area contributed by atoms with E-state index in [9.17, 15) is 9.59 Å². The molecule has 0 bridgehead atoms. The van der Waals surface area contributed by atoms with E-state index in [1.165, 1.54) is 0 Å². The molecular formula is C20H16Br2O4. The molecule has 134 valence electrons. The Kier molecular flexibility index (Phi) is 5.63. The number of halogens is 2. The van der Waals surface area contributed by atoms with Crippen LogP contribution in [0.5, 0.6) is 5.75 Å². The molecule has 0 aliphatic rings. The van der Waals surface area contributed by atoms with Gasteiger partial charge in [-0.25, -0.2) is 0 Å². The SMILES string of the molecule is CCCC(=O)Oc1c(Br)cc(C(=O)c2c(C)oc3ccccc23)cc1Br. The molecule has 0 amide bonds. The Morgan fingerprint density at radius 3 is 2.42 bits per heavy atom. The van der Waals surface area contributed by atoms with Crippen molar-refractivity contribution in [3.05, 3.63) is 62.2 Å². The molecule has 0 unspecified atom stereocenters. The van der Waals surface area contributed by atoms with E-state index in [0.29, 0.717) is 50.0 Å². The van der Waals surface area contributed by atoms with Crippen molar-refractivity contribution in [1.29, 1.82) is 0 Å². The van der Waals surface area contributed by atoms with Crippen LogP contribution in [0.15, 0.2) is 49.8 Å². The van der Waals surface area contributed by atoms with Crippen molar-refractivity contribution in [2.45, 2.75) is 26.7 Å². The number of furan rings is 1. The highest BCUT2D eigenvalue weighted by molar-refractivity contribution is 9.11. The number of esters is 1. The second-order valence-corrected chi connectivity index (χ2v) is 7.56. The van der Waals surface area contributed by atoms with Gasteiger partial charge in [-0.3, -0.25) is 9.59 Å². The van der Waals surface area contributed by atoms with Gasteiger partial charge in [-0.05, 0) is 63.4 Å². The summed E-state index contributed by atoms with van der Waals surface area (Å²) in [4.78, 5) is 24.8. The van der Waals surface area contributed by atoms with E-state index in [4.69, 9.17) is 9.15 Å². The number of fused-ring (bicyclic) bond motifs is 1. The van der Waals surface area contributed by atoms with Gasteiger partial charge in [0.25, 0.3) is 0 Å². The van der Waals surface area contributed by atoms with Crippen LogP contribution in [-0.2, 0) is 4.79 Å². The first-order chi connectivity index (χ1) is 12.4. The molecule has 0 aliphatic heterocycles. The van der Waals surface area contributed by atoms with Gasteiger partial charge in [0, 0.05) is 17.4 Å².